The first-order valence-corrected chi connectivity index (χ1v) is 7.00. The number of amides is 1. The summed E-state index contributed by atoms with van der Waals surface area (Å²) in [6.45, 7) is 3.95. The molecule has 0 atom stereocenters. The molecule has 3 rings (SSSR count). The molecule has 23 heavy (non-hydrogen) atoms. The number of nitrogens with zero attached hydrogens (tertiary/aromatic N) is 1. The molecule has 116 valence electrons. The number of nitro benzene ring substituents is 1. The van der Waals surface area contributed by atoms with E-state index in [-0.39, 0.29) is 17.2 Å². The third kappa shape index (κ3) is 2.78. The average molecular weight is 310 g/mol. The van der Waals surface area contributed by atoms with Gasteiger partial charge in [0.25, 0.3) is 11.6 Å². The van der Waals surface area contributed by atoms with Gasteiger partial charge in [-0.25, -0.2) is 0 Å². The molecule has 0 aliphatic rings. The fourth-order valence-electron chi connectivity index (χ4n) is 2.32. The molecule has 0 saturated carbocycles. The summed E-state index contributed by atoms with van der Waals surface area (Å²) in [6, 6.07) is 9.78. The van der Waals surface area contributed by atoms with E-state index in [1.165, 1.54) is 24.5 Å². The summed E-state index contributed by atoms with van der Waals surface area (Å²) in [5.41, 5.74) is 3.47. The Balaban J connectivity index is 1.95. The smallest absolute Gasteiger partial charge is 0.270 e. The molecule has 0 bridgehead atoms. The van der Waals surface area contributed by atoms with E-state index in [1.54, 1.807) is 0 Å². The highest BCUT2D eigenvalue weighted by molar-refractivity contribution is 6.12. The fraction of sp³-hybridized carbons (Fsp3) is 0.118. The molecule has 0 aliphatic carbocycles. The minimum Gasteiger partial charge on any atom is -0.463 e. The molecule has 1 N–H and O–H groups in total. The lowest BCUT2D eigenvalue weighted by Crippen LogP contribution is -2.11. The lowest BCUT2D eigenvalue weighted by molar-refractivity contribution is -0.384. The van der Waals surface area contributed by atoms with E-state index in [9.17, 15) is 14.9 Å². The van der Waals surface area contributed by atoms with Gasteiger partial charge >= 0.3 is 0 Å². The minimum absolute atomic E-state index is 0.0841. The van der Waals surface area contributed by atoms with Gasteiger partial charge in [-0.15, -0.1) is 0 Å². The van der Waals surface area contributed by atoms with Gasteiger partial charge in [0.1, 0.15) is 11.8 Å². The van der Waals surface area contributed by atoms with Crippen molar-refractivity contribution >= 4 is 28.3 Å². The zero-order valence-corrected chi connectivity index (χ0v) is 12.6. The van der Waals surface area contributed by atoms with Crippen molar-refractivity contribution in [2.24, 2.45) is 0 Å². The maximum absolute atomic E-state index is 12.4. The zero-order chi connectivity index (χ0) is 16.6. The largest absolute Gasteiger partial charge is 0.463 e. The SMILES string of the molecule is Cc1ccc(NC(=O)c2coc3ccc([N+](=O)[O-])cc23)cc1C. The van der Waals surface area contributed by atoms with Crippen LogP contribution in [-0.4, -0.2) is 10.8 Å². The predicted molar refractivity (Wildman–Crippen MR) is 86.7 cm³/mol. The molecule has 1 aromatic heterocycles. The Labute approximate surface area is 131 Å². The van der Waals surface area contributed by atoms with Crippen LogP contribution in [0.15, 0.2) is 47.1 Å². The van der Waals surface area contributed by atoms with Crippen LogP contribution in [0.5, 0.6) is 0 Å². The Hall–Kier alpha value is -3.15. The van der Waals surface area contributed by atoms with Crippen LogP contribution in [0.3, 0.4) is 0 Å². The van der Waals surface area contributed by atoms with E-state index in [0.29, 0.717) is 16.7 Å². The molecule has 0 radical (unpaired) electrons. The van der Waals surface area contributed by atoms with Crippen LogP contribution in [0.25, 0.3) is 11.0 Å². The van der Waals surface area contributed by atoms with Gasteiger partial charge in [0.15, 0.2) is 0 Å². The number of rotatable bonds is 3. The highest BCUT2D eigenvalue weighted by Crippen LogP contribution is 2.26. The van der Waals surface area contributed by atoms with Crippen molar-refractivity contribution in [3.63, 3.8) is 0 Å². The van der Waals surface area contributed by atoms with E-state index in [0.717, 1.165) is 11.1 Å². The molecule has 0 fully saturated rings. The normalized spacial score (nSPS) is 10.7. The van der Waals surface area contributed by atoms with Gasteiger partial charge in [0, 0.05) is 23.2 Å². The summed E-state index contributed by atoms with van der Waals surface area (Å²) < 4.78 is 5.30. The van der Waals surface area contributed by atoms with Crippen LogP contribution in [0.1, 0.15) is 21.5 Å². The number of fused-ring (bicyclic) bond motifs is 1. The van der Waals surface area contributed by atoms with Crippen LogP contribution >= 0.6 is 0 Å². The highest BCUT2D eigenvalue weighted by atomic mass is 16.6. The number of anilines is 1. The number of hydrogen-bond donors (Lipinski definition) is 1. The van der Waals surface area contributed by atoms with Gasteiger partial charge in [-0.1, -0.05) is 6.07 Å². The minimum atomic E-state index is -0.503. The van der Waals surface area contributed by atoms with Crippen molar-refractivity contribution in [2.75, 3.05) is 5.32 Å². The Kier molecular flexibility index (Phi) is 3.57. The number of non-ortho nitro benzene ring substituents is 1. The quantitative estimate of drug-likeness (QED) is 0.580. The highest BCUT2D eigenvalue weighted by Gasteiger charge is 2.17. The molecule has 6 nitrogen and oxygen atoms in total. The predicted octanol–water partition coefficient (Wildman–Crippen LogP) is 4.21. The molecule has 1 heterocycles. The molecule has 1 amide bonds. The second-order valence-corrected chi connectivity index (χ2v) is 5.34. The Morgan fingerprint density at radius 1 is 1.13 bits per heavy atom. The van der Waals surface area contributed by atoms with E-state index >= 15 is 0 Å². The van der Waals surface area contributed by atoms with Crippen LogP contribution < -0.4 is 5.32 Å². The van der Waals surface area contributed by atoms with Crippen molar-refractivity contribution in [3.8, 4) is 0 Å². The van der Waals surface area contributed by atoms with Crippen LogP contribution in [0.4, 0.5) is 11.4 Å². The summed E-state index contributed by atoms with van der Waals surface area (Å²) in [5.74, 6) is -0.368. The van der Waals surface area contributed by atoms with Crippen LogP contribution in [0.2, 0.25) is 0 Å². The monoisotopic (exact) mass is 310 g/mol. The van der Waals surface area contributed by atoms with E-state index in [1.807, 2.05) is 32.0 Å². The number of benzene rings is 2. The number of aryl methyl sites for hydroxylation is 2. The van der Waals surface area contributed by atoms with Gasteiger partial charge in [-0.3, -0.25) is 14.9 Å². The Morgan fingerprint density at radius 2 is 1.91 bits per heavy atom. The van der Waals surface area contributed by atoms with Crippen molar-refractivity contribution in [1.29, 1.82) is 0 Å². The standard InChI is InChI=1S/C17H14N2O4/c1-10-3-4-12(7-11(10)2)18-17(20)15-9-23-16-6-5-13(19(21)22)8-14(15)16/h3-9H,1-2H3,(H,18,20). The number of furan rings is 1. The molecule has 2 aromatic carbocycles. The van der Waals surface area contributed by atoms with Crippen molar-refractivity contribution in [1.82, 2.24) is 0 Å². The van der Waals surface area contributed by atoms with Gasteiger partial charge in [0.05, 0.1) is 10.5 Å². The maximum Gasteiger partial charge on any atom is 0.270 e. The third-order valence-electron chi connectivity index (χ3n) is 3.78. The van der Waals surface area contributed by atoms with Crippen molar-refractivity contribution < 1.29 is 14.1 Å². The number of nitro groups is 1. The Bertz CT molecular complexity index is 927. The second-order valence-electron chi connectivity index (χ2n) is 5.34. The molecule has 6 heteroatoms. The van der Waals surface area contributed by atoms with E-state index in [2.05, 4.69) is 5.32 Å². The maximum atomic E-state index is 12.4. The average Bonchev–Trinajstić information content (AvgIpc) is 2.94. The zero-order valence-electron chi connectivity index (χ0n) is 12.6. The topological polar surface area (TPSA) is 85.4 Å². The van der Waals surface area contributed by atoms with Gasteiger partial charge in [0.2, 0.25) is 0 Å². The fourth-order valence-corrected chi connectivity index (χ4v) is 2.32. The molecule has 0 saturated heterocycles. The molecular formula is C17H14N2O4. The molecular weight excluding hydrogens is 296 g/mol. The second kappa shape index (κ2) is 5.57. The van der Waals surface area contributed by atoms with Gasteiger partial charge in [-0.05, 0) is 43.2 Å². The van der Waals surface area contributed by atoms with Crippen LogP contribution in [-0.2, 0) is 0 Å². The van der Waals surface area contributed by atoms with Gasteiger partial charge < -0.3 is 9.73 Å². The summed E-state index contributed by atoms with van der Waals surface area (Å²) in [4.78, 5) is 22.8. The summed E-state index contributed by atoms with van der Waals surface area (Å²) in [5, 5.41) is 14.1. The summed E-state index contributed by atoms with van der Waals surface area (Å²) in [6.07, 6.45) is 1.31. The van der Waals surface area contributed by atoms with E-state index < -0.39 is 4.92 Å². The molecule has 0 aliphatic heterocycles. The first-order valence-electron chi connectivity index (χ1n) is 7.00. The van der Waals surface area contributed by atoms with Crippen molar-refractivity contribution in [3.05, 3.63) is 69.5 Å². The van der Waals surface area contributed by atoms with E-state index in [4.69, 9.17) is 4.42 Å². The first-order chi connectivity index (χ1) is 11.0. The molecule has 0 spiro atoms. The number of nitrogens with one attached hydrogen (secondary N) is 1. The lowest BCUT2D eigenvalue weighted by Gasteiger charge is -2.06. The number of hydrogen-bond acceptors (Lipinski definition) is 4. The molecule has 3 aromatic rings. The van der Waals surface area contributed by atoms with Gasteiger partial charge in [-0.2, -0.15) is 0 Å². The Morgan fingerprint density at radius 3 is 2.61 bits per heavy atom. The first kappa shape index (κ1) is 14.8. The number of carbonyl (C=O) groups is 1. The third-order valence-corrected chi connectivity index (χ3v) is 3.78. The number of carbonyl (C=O) groups excluding carboxylic acids is 1. The lowest BCUT2D eigenvalue weighted by atomic mass is 10.1. The summed E-state index contributed by atoms with van der Waals surface area (Å²) >= 11 is 0. The van der Waals surface area contributed by atoms with Crippen molar-refractivity contribution in [2.45, 2.75) is 13.8 Å². The molecule has 0 unspecified atom stereocenters. The van der Waals surface area contributed by atoms with Crippen LogP contribution in [0, 0.1) is 24.0 Å². The summed E-state index contributed by atoms with van der Waals surface area (Å²) in [7, 11) is 0.